The summed E-state index contributed by atoms with van der Waals surface area (Å²) in [6.07, 6.45) is 0. The third-order valence-electron chi connectivity index (χ3n) is 4.29. The Labute approximate surface area is 148 Å². The van der Waals surface area contributed by atoms with E-state index in [0.29, 0.717) is 18.1 Å². The first kappa shape index (κ1) is 17.4. The molecule has 2 aromatic carbocycles. The largest absolute Gasteiger partial charge is 0.296 e. The predicted octanol–water partition coefficient (Wildman–Crippen LogP) is 3.15. The first-order valence-corrected chi connectivity index (χ1v) is 9.80. The smallest absolute Gasteiger partial charge is 0.243 e. The van der Waals surface area contributed by atoms with Crippen molar-refractivity contribution in [2.75, 3.05) is 26.2 Å². The van der Waals surface area contributed by atoms with Gasteiger partial charge in [0.05, 0.1) is 4.90 Å². The number of hydrogen-bond donors (Lipinski definition) is 0. The molecule has 1 aliphatic heterocycles. The van der Waals surface area contributed by atoms with Crippen LogP contribution in [0.2, 0.25) is 5.02 Å². The predicted molar refractivity (Wildman–Crippen MR) is 96.7 cm³/mol. The van der Waals surface area contributed by atoms with Gasteiger partial charge >= 0.3 is 0 Å². The van der Waals surface area contributed by atoms with Crippen molar-refractivity contribution in [2.24, 2.45) is 0 Å². The number of aryl methyl sites for hydroxylation is 1. The molecule has 1 fully saturated rings. The summed E-state index contributed by atoms with van der Waals surface area (Å²) in [6, 6.07) is 14.9. The lowest BCUT2D eigenvalue weighted by Crippen LogP contribution is -2.48. The monoisotopic (exact) mass is 364 g/mol. The highest BCUT2D eigenvalue weighted by Crippen LogP contribution is 2.21. The van der Waals surface area contributed by atoms with E-state index < -0.39 is 10.0 Å². The van der Waals surface area contributed by atoms with Gasteiger partial charge in [0, 0.05) is 37.7 Å². The first-order valence-electron chi connectivity index (χ1n) is 7.99. The van der Waals surface area contributed by atoms with Gasteiger partial charge in [-0.15, -0.1) is 0 Å². The molecule has 2 aromatic rings. The Morgan fingerprint density at radius 2 is 1.67 bits per heavy atom. The third-order valence-corrected chi connectivity index (χ3v) is 6.42. The third kappa shape index (κ3) is 3.98. The van der Waals surface area contributed by atoms with Gasteiger partial charge in [0.15, 0.2) is 0 Å². The molecule has 0 amide bonds. The van der Waals surface area contributed by atoms with E-state index in [4.69, 9.17) is 11.6 Å². The minimum atomic E-state index is -3.46. The van der Waals surface area contributed by atoms with E-state index >= 15 is 0 Å². The fraction of sp³-hybridized carbons (Fsp3) is 0.333. The van der Waals surface area contributed by atoms with E-state index in [-0.39, 0.29) is 4.90 Å². The molecule has 4 nitrogen and oxygen atoms in total. The lowest BCUT2D eigenvalue weighted by atomic mass is 10.1. The first-order chi connectivity index (χ1) is 11.4. The van der Waals surface area contributed by atoms with E-state index in [1.807, 2.05) is 0 Å². The van der Waals surface area contributed by atoms with E-state index in [2.05, 4.69) is 36.1 Å². The molecule has 1 heterocycles. The molecular formula is C18H21ClN2O2S. The fourth-order valence-electron chi connectivity index (χ4n) is 2.86. The lowest BCUT2D eigenvalue weighted by Gasteiger charge is -2.34. The zero-order chi connectivity index (χ0) is 17.2. The zero-order valence-electron chi connectivity index (χ0n) is 13.7. The number of halogens is 1. The van der Waals surface area contributed by atoms with Crippen LogP contribution in [0.25, 0.3) is 0 Å². The summed E-state index contributed by atoms with van der Waals surface area (Å²) in [5.41, 5.74) is 2.50. The molecule has 0 unspecified atom stereocenters. The van der Waals surface area contributed by atoms with Crippen molar-refractivity contribution in [1.82, 2.24) is 9.21 Å². The fourth-order valence-corrected chi connectivity index (χ4v) is 4.58. The molecule has 0 saturated carbocycles. The Kier molecular flexibility index (Phi) is 5.25. The number of sulfonamides is 1. The maximum absolute atomic E-state index is 12.7. The van der Waals surface area contributed by atoms with Crippen molar-refractivity contribution in [2.45, 2.75) is 18.4 Å². The Morgan fingerprint density at radius 1 is 1.00 bits per heavy atom. The van der Waals surface area contributed by atoms with E-state index in [1.54, 1.807) is 22.5 Å². The summed E-state index contributed by atoms with van der Waals surface area (Å²) in [5, 5.41) is 0.439. The van der Waals surface area contributed by atoms with Crippen molar-refractivity contribution < 1.29 is 8.42 Å². The summed E-state index contributed by atoms with van der Waals surface area (Å²) in [4.78, 5) is 2.55. The van der Waals surface area contributed by atoms with Gasteiger partial charge in [-0.25, -0.2) is 8.42 Å². The van der Waals surface area contributed by atoms with Crippen molar-refractivity contribution in [1.29, 1.82) is 0 Å². The van der Waals surface area contributed by atoms with Gasteiger partial charge in [-0.05, 0) is 30.7 Å². The second kappa shape index (κ2) is 7.23. The molecule has 128 valence electrons. The lowest BCUT2D eigenvalue weighted by molar-refractivity contribution is 0.181. The zero-order valence-corrected chi connectivity index (χ0v) is 15.2. The maximum atomic E-state index is 12.7. The number of benzene rings is 2. The highest BCUT2D eigenvalue weighted by molar-refractivity contribution is 7.89. The quantitative estimate of drug-likeness (QED) is 0.836. The molecule has 0 N–H and O–H groups in total. The maximum Gasteiger partial charge on any atom is 0.243 e. The van der Waals surface area contributed by atoms with Gasteiger partial charge in [-0.1, -0.05) is 47.5 Å². The molecule has 1 aliphatic rings. The topological polar surface area (TPSA) is 40.6 Å². The summed E-state index contributed by atoms with van der Waals surface area (Å²) in [7, 11) is -3.46. The summed E-state index contributed by atoms with van der Waals surface area (Å²) in [6.45, 7) is 5.39. The minimum Gasteiger partial charge on any atom is -0.296 e. The van der Waals surface area contributed by atoms with E-state index in [1.165, 1.54) is 17.2 Å². The Morgan fingerprint density at radius 3 is 2.29 bits per heavy atom. The molecule has 0 radical (unpaired) electrons. The Bertz CT molecular complexity index is 798. The van der Waals surface area contributed by atoms with Crippen LogP contribution in [0.4, 0.5) is 0 Å². The Balaban J connectivity index is 1.63. The van der Waals surface area contributed by atoms with Crippen LogP contribution in [0.3, 0.4) is 0 Å². The van der Waals surface area contributed by atoms with Crippen LogP contribution in [-0.4, -0.2) is 43.8 Å². The summed E-state index contributed by atoms with van der Waals surface area (Å²) in [5.74, 6) is 0. The van der Waals surface area contributed by atoms with Crippen LogP contribution >= 0.6 is 11.6 Å². The molecular weight excluding hydrogens is 344 g/mol. The second-order valence-corrected chi connectivity index (χ2v) is 8.50. The average molecular weight is 365 g/mol. The van der Waals surface area contributed by atoms with Crippen LogP contribution in [0.1, 0.15) is 11.1 Å². The van der Waals surface area contributed by atoms with E-state index in [9.17, 15) is 8.42 Å². The van der Waals surface area contributed by atoms with Crippen molar-refractivity contribution in [3.8, 4) is 0 Å². The molecule has 0 spiro atoms. The minimum absolute atomic E-state index is 0.266. The molecule has 3 rings (SSSR count). The molecule has 6 heteroatoms. The van der Waals surface area contributed by atoms with Gasteiger partial charge in [0.1, 0.15) is 0 Å². The van der Waals surface area contributed by atoms with Gasteiger partial charge < -0.3 is 0 Å². The number of rotatable bonds is 4. The molecule has 0 atom stereocenters. The van der Waals surface area contributed by atoms with Crippen molar-refractivity contribution >= 4 is 21.6 Å². The van der Waals surface area contributed by atoms with Gasteiger partial charge in [-0.2, -0.15) is 4.31 Å². The molecule has 0 bridgehead atoms. The summed E-state index contributed by atoms with van der Waals surface area (Å²) >= 11 is 5.92. The van der Waals surface area contributed by atoms with Crippen LogP contribution in [0.15, 0.2) is 53.4 Å². The highest BCUT2D eigenvalue weighted by Gasteiger charge is 2.28. The van der Waals surface area contributed by atoms with Crippen LogP contribution < -0.4 is 0 Å². The molecule has 24 heavy (non-hydrogen) atoms. The number of nitrogens with zero attached hydrogens (tertiary/aromatic N) is 2. The SMILES string of the molecule is Cc1ccc(CN2CCN(S(=O)(=O)c3cccc(Cl)c3)CC2)cc1. The average Bonchev–Trinajstić information content (AvgIpc) is 2.57. The molecule has 0 aliphatic carbocycles. The molecule has 1 saturated heterocycles. The van der Waals surface area contributed by atoms with Gasteiger partial charge in [0.25, 0.3) is 0 Å². The Hall–Kier alpha value is -1.40. The van der Waals surface area contributed by atoms with Crippen LogP contribution in [0.5, 0.6) is 0 Å². The summed E-state index contributed by atoms with van der Waals surface area (Å²) < 4.78 is 26.9. The van der Waals surface area contributed by atoms with Gasteiger partial charge in [0.2, 0.25) is 10.0 Å². The normalized spacial score (nSPS) is 17.1. The van der Waals surface area contributed by atoms with E-state index in [0.717, 1.165) is 19.6 Å². The van der Waals surface area contributed by atoms with Gasteiger partial charge in [-0.3, -0.25) is 4.90 Å². The number of hydrogen-bond acceptors (Lipinski definition) is 3. The molecule has 0 aromatic heterocycles. The highest BCUT2D eigenvalue weighted by atomic mass is 35.5. The van der Waals surface area contributed by atoms with Crippen molar-refractivity contribution in [3.05, 3.63) is 64.7 Å². The van der Waals surface area contributed by atoms with Crippen LogP contribution in [-0.2, 0) is 16.6 Å². The number of piperazine rings is 1. The van der Waals surface area contributed by atoms with Crippen LogP contribution in [0, 0.1) is 6.92 Å². The second-order valence-electron chi connectivity index (χ2n) is 6.12. The standard InChI is InChI=1S/C18H21ClN2O2S/c1-15-5-7-16(8-6-15)14-20-9-11-21(12-10-20)24(22,23)18-4-2-3-17(19)13-18/h2-8,13H,9-12,14H2,1H3. The van der Waals surface area contributed by atoms with Crippen molar-refractivity contribution in [3.63, 3.8) is 0 Å².